The summed E-state index contributed by atoms with van der Waals surface area (Å²) in [5, 5.41) is 28.0. The predicted molar refractivity (Wildman–Crippen MR) is 134 cm³/mol. The van der Waals surface area contributed by atoms with Crippen LogP contribution in [0.1, 0.15) is 20.7 Å². The van der Waals surface area contributed by atoms with Gasteiger partial charge in [-0.25, -0.2) is 39.6 Å². The van der Waals surface area contributed by atoms with E-state index in [0.29, 0.717) is 4.31 Å². The lowest BCUT2D eigenvalue weighted by molar-refractivity contribution is 0.0685. The van der Waals surface area contributed by atoms with Crippen LogP contribution in [0, 0.1) is 0 Å². The van der Waals surface area contributed by atoms with Gasteiger partial charge in [-0.1, -0.05) is 23.2 Å². The minimum absolute atomic E-state index is 0.318. The van der Waals surface area contributed by atoms with Crippen LogP contribution >= 0.6 is 23.2 Å². The van der Waals surface area contributed by atoms with Gasteiger partial charge < -0.3 is 15.3 Å². The van der Waals surface area contributed by atoms with E-state index in [1.807, 2.05) is 0 Å². The van der Waals surface area contributed by atoms with Gasteiger partial charge in [-0.15, -0.1) is 0 Å². The second kappa shape index (κ2) is 11.1. The number of benzene rings is 2. The first kappa shape index (κ1) is 30.2. The highest BCUT2D eigenvalue weighted by atomic mass is 35.5. The Labute approximate surface area is 227 Å². The summed E-state index contributed by atoms with van der Waals surface area (Å²) >= 11 is 11.9. The summed E-state index contributed by atoms with van der Waals surface area (Å²) < 4.78 is 79.5. The lowest BCUT2D eigenvalue weighted by Crippen LogP contribution is -2.49. The molecule has 0 bridgehead atoms. The Morgan fingerprint density at radius 2 is 1.42 bits per heavy atom. The Hall–Kier alpha value is -2.31. The highest BCUT2D eigenvalue weighted by Crippen LogP contribution is 2.30. The van der Waals surface area contributed by atoms with Gasteiger partial charge >= 0.3 is 11.9 Å². The number of rotatable bonds is 10. The molecule has 1 fully saturated rings. The van der Waals surface area contributed by atoms with Gasteiger partial charge in [0.05, 0.1) is 44.8 Å². The molecule has 2 atom stereocenters. The molecule has 13 nitrogen and oxygen atoms in total. The van der Waals surface area contributed by atoms with E-state index in [-0.39, 0.29) is 10.6 Å². The fourth-order valence-corrected chi connectivity index (χ4v) is 9.32. The first-order valence-corrected chi connectivity index (χ1v) is 15.9. The number of hydrogen-bond donors (Lipinski definition) is 4. The molecule has 0 unspecified atom stereocenters. The molecule has 3 rings (SSSR count). The molecular formula is C20H20Cl2N2O11S3. The van der Waals surface area contributed by atoms with Crippen molar-refractivity contribution in [3.05, 3.63) is 57.6 Å². The maximum Gasteiger partial charge on any atom is 0.335 e. The third-order valence-corrected chi connectivity index (χ3v) is 11.6. The van der Waals surface area contributed by atoms with Crippen molar-refractivity contribution >= 4 is 65.0 Å². The molecule has 0 radical (unpaired) electrons. The van der Waals surface area contributed by atoms with Gasteiger partial charge in [0, 0.05) is 13.1 Å². The van der Waals surface area contributed by atoms with Crippen molar-refractivity contribution in [3.8, 4) is 0 Å². The first-order valence-electron chi connectivity index (χ1n) is 10.4. The molecule has 0 saturated carbocycles. The number of nitrogens with one attached hydrogen (secondary N) is 1. The Balaban J connectivity index is 1.98. The van der Waals surface area contributed by atoms with E-state index in [0.717, 1.165) is 36.4 Å². The number of carboxylic acid groups (broad SMARTS) is 2. The summed E-state index contributed by atoms with van der Waals surface area (Å²) in [6, 6.07) is 4.20. The number of nitrogens with zero attached hydrogens (tertiary/aromatic N) is 1. The van der Waals surface area contributed by atoms with Crippen LogP contribution in [0.25, 0.3) is 0 Å². The molecule has 0 aliphatic carbocycles. The smallest absolute Gasteiger partial charge is 0.335 e. The molecule has 1 saturated heterocycles. The lowest BCUT2D eigenvalue weighted by Gasteiger charge is -2.29. The number of aliphatic hydroxyl groups is 1. The quantitative estimate of drug-likeness (QED) is 0.284. The SMILES string of the molecule is O=C(O)c1ccc(Cl)c(S(=O)(=O)NCCN([C@@H]2CS(=O)(=O)C[C@H]2O)S(=O)(=O)c2cc(C(=O)O)ccc2Cl)c1. The number of aromatic carboxylic acids is 2. The van der Waals surface area contributed by atoms with Crippen LogP contribution in [0.2, 0.25) is 10.0 Å². The number of hydrogen-bond acceptors (Lipinski definition) is 9. The molecule has 0 aromatic heterocycles. The van der Waals surface area contributed by atoms with Gasteiger partial charge in [-0.2, -0.15) is 4.31 Å². The van der Waals surface area contributed by atoms with Crippen molar-refractivity contribution in [1.82, 2.24) is 9.03 Å². The van der Waals surface area contributed by atoms with Gasteiger partial charge in [0.25, 0.3) is 0 Å². The number of halogens is 2. The monoisotopic (exact) mass is 630 g/mol. The molecule has 1 heterocycles. The van der Waals surface area contributed by atoms with Gasteiger partial charge in [-0.05, 0) is 36.4 Å². The third kappa shape index (κ3) is 6.45. The van der Waals surface area contributed by atoms with Gasteiger partial charge in [0.15, 0.2) is 9.84 Å². The number of carboxylic acids is 2. The lowest BCUT2D eigenvalue weighted by atomic mass is 10.2. The molecule has 2 aromatic carbocycles. The summed E-state index contributed by atoms with van der Waals surface area (Å²) in [7, 11) is -13.2. The van der Waals surface area contributed by atoms with Crippen LogP contribution in [-0.4, -0.2) is 93.6 Å². The highest BCUT2D eigenvalue weighted by molar-refractivity contribution is 7.92. The third-order valence-electron chi connectivity index (χ3n) is 5.52. The largest absolute Gasteiger partial charge is 0.478 e. The maximum atomic E-state index is 13.5. The molecule has 4 N–H and O–H groups in total. The first-order chi connectivity index (χ1) is 17.5. The molecule has 18 heteroatoms. The predicted octanol–water partition coefficient (Wildman–Crippen LogP) is 0.517. The summed E-state index contributed by atoms with van der Waals surface area (Å²) in [6.45, 7) is -1.39. The molecule has 1 aliphatic rings. The molecular weight excluding hydrogens is 611 g/mol. The molecule has 0 spiro atoms. The highest BCUT2D eigenvalue weighted by Gasteiger charge is 2.45. The van der Waals surface area contributed by atoms with Crippen LogP contribution in [-0.2, 0) is 29.9 Å². The van der Waals surface area contributed by atoms with E-state index in [1.54, 1.807) is 0 Å². The summed E-state index contributed by atoms with van der Waals surface area (Å²) in [6.07, 6.45) is -1.67. The Morgan fingerprint density at radius 3 is 1.89 bits per heavy atom. The van der Waals surface area contributed by atoms with Gasteiger partial charge in [0.1, 0.15) is 9.79 Å². The van der Waals surface area contributed by atoms with Crippen molar-refractivity contribution in [2.75, 3.05) is 24.6 Å². The minimum atomic E-state index is -4.79. The molecule has 38 heavy (non-hydrogen) atoms. The van der Waals surface area contributed by atoms with E-state index >= 15 is 0 Å². The standard InChI is InChI=1S/C20H20Cl2N2O11S3/c21-13-3-1-11(19(26)27)7-17(13)37(32,33)23-5-6-24(15-9-36(30,31)10-16(15)25)38(34,35)18-8-12(20(28)29)2-4-14(18)22/h1-4,7-8,15-16,23,25H,5-6,9-10H2,(H,26,27)(H,28,29)/t15-,16-/m1/s1. The molecule has 0 amide bonds. The number of sulfone groups is 1. The normalized spacial score (nSPS) is 19.5. The van der Waals surface area contributed by atoms with Crippen molar-refractivity contribution in [2.45, 2.75) is 21.9 Å². The van der Waals surface area contributed by atoms with E-state index < -0.39 is 98.9 Å². The fourth-order valence-electron chi connectivity index (χ4n) is 3.72. The van der Waals surface area contributed by atoms with E-state index in [4.69, 9.17) is 28.3 Å². The zero-order valence-corrected chi connectivity index (χ0v) is 22.9. The molecule has 1 aliphatic heterocycles. The van der Waals surface area contributed by atoms with Crippen molar-refractivity contribution in [1.29, 1.82) is 0 Å². The van der Waals surface area contributed by atoms with Crippen LogP contribution in [0.3, 0.4) is 0 Å². The number of carbonyl (C=O) groups is 2. The topological polar surface area (TPSA) is 213 Å². The Kier molecular flexibility index (Phi) is 8.79. The Bertz CT molecular complexity index is 1610. The molecule has 208 valence electrons. The van der Waals surface area contributed by atoms with Crippen LogP contribution < -0.4 is 4.72 Å². The zero-order valence-electron chi connectivity index (χ0n) is 19.0. The van der Waals surface area contributed by atoms with Crippen LogP contribution in [0.15, 0.2) is 46.2 Å². The summed E-state index contributed by atoms with van der Waals surface area (Å²) in [5.41, 5.74) is -0.826. The number of sulfonamides is 2. The van der Waals surface area contributed by atoms with E-state index in [2.05, 4.69) is 4.72 Å². The van der Waals surface area contributed by atoms with Crippen molar-refractivity contribution in [3.63, 3.8) is 0 Å². The second-order valence-corrected chi connectivity index (χ2v) is 14.7. The maximum absolute atomic E-state index is 13.5. The number of aliphatic hydroxyl groups excluding tert-OH is 1. The van der Waals surface area contributed by atoms with E-state index in [1.165, 1.54) is 0 Å². The Morgan fingerprint density at radius 1 is 0.921 bits per heavy atom. The summed E-state index contributed by atoms with van der Waals surface area (Å²) in [4.78, 5) is 21.3. The van der Waals surface area contributed by atoms with Crippen LogP contribution in [0.5, 0.6) is 0 Å². The van der Waals surface area contributed by atoms with Crippen molar-refractivity contribution < 1.29 is 50.2 Å². The second-order valence-electron chi connectivity index (χ2n) is 8.13. The molecule has 2 aromatic rings. The zero-order chi connectivity index (χ0) is 28.6. The minimum Gasteiger partial charge on any atom is -0.478 e. The van der Waals surface area contributed by atoms with Gasteiger partial charge in [0.2, 0.25) is 20.0 Å². The van der Waals surface area contributed by atoms with Crippen molar-refractivity contribution in [2.24, 2.45) is 0 Å². The van der Waals surface area contributed by atoms with E-state index in [9.17, 15) is 45.1 Å². The fraction of sp³-hybridized carbons (Fsp3) is 0.300. The van der Waals surface area contributed by atoms with Gasteiger partial charge in [-0.3, -0.25) is 0 Å². The average Bonchev–Trinajstić information content (AvgIpc) is 3.07. The average molecular weight is 631 g/mol. The van der Waals surface area contributed by atoms with Crippen LogP contribution in [0.4, 0.5) is 0 Å². The summed E-state index contributed by atoms with van der Waals surface area (Å²) in [5.74, 6) is -4.44.